The van der Waals surface area contributed by atoms with Gasteiger partial charge in [-0.2, -0.15) is 29.2 Å². The molecule has 0 aliphatic heterocycles. The van der Waals surface area contributed by atoms with E-state index in [1.54, 1.807) is 67.3 Å². The van der Waals surface area contributed by atoms with Crippen LogP contribution in [0, 0.1) is 24.3 Å². The van der Waals surface area contributed by atoms with Crippen molar-refractivity contribution in [2.45, 2.75) is 19.3 Å². The second kappa shape index (κ2) is 20.9. The van der Waals surface area contributed by atoms with E-state index < -0.39 is 23.7 Å². The highest BCUT2D eigenvalue weighted by Crippen LogP contribution is 2.32. The van der Waals surface area contributed by atoms with Crippen LogP contribution in [0.15, 0.2) is 146 Å². The molecule has 306 valence electrons. The van der Waals surface area contributed by atoms with E-state index in [4.69, 9.17) is 17.4 Å². The van der Waals surface area contributed by atoms with Gasteiger partial charge in [-0.1, -0.05) is 35.9 Å². The van der Waals surface area contributed by atoms with Gasteiger partial charge in [0.05, 0.1) is 24.4 Å². The van der Waals surface area contributed by atoms with Crippen molar-refractivity contribution >= 4 is 23.3 Å². The number of carbonyl (C=O) groups is 2. The highest BCUT2D eigenvalue weighted by Gasteiger charge is 2.13. The lowest BCUT2D eigenvalue weighted by atomic mass is 9.99. The fraction of sp³-hybridized carbons (Fsp3) is 0.0652. The Morgan fingerprint density at radius 3 is 1.68 bits per heavy atom. The molecule has 0 spiro atoms. The standard InChI is InChI=1S/C24H16FN5O.C13H9F2NO2.C9H8N4/c1-26-23-12-16(4-7-21(23)17-8-10-27-24(25)13-17)11-20(31)14-19-6-5-18(15-28-19)22-3-2-9-29-30-22;14-11-5-8(6-13(17)18)1-2-10(11)9-3-4-16-12(15)7-9;10-9-4-3-7(6-11-9)8-2-1-5-12-13-8/h2-10,12-13,15H,11,14H2;1-5,7H,6H2,(H,17,18);1-6H,(H2,10,11). The van der Waals surface area contributed by atoms with Crippen LogP contribution in [0.3, 0.4) is 0 Å². The van der Waals surface area contributed by atoms with Crippen molar-refractivity contribution in [3.63, 3.8) is 0 Å². The van der Waals surface area contributed by atoms with Crippen LogP contribution in [0.4, 0.5) is 24.7 Å². The van der Waals surface area contributed by atoms with Crippen molar-refractivity contribution in [2.75, 3.05) is 5.73 Å². The molecule has 3 N–H and O–H groups in total. The average Bonchev–Trinajstić information content (AvgIpc) is 3.28. The molecule has 8 rings (SSSR count). The van der Waals surface area contributed by atoms with Crippen molar-refractivity contribution in [1.82, 2.24) is 40.3 Å². The Hall–Kier alpha value is -8.58. The Morgan fingerprint density at radius 1 is 0.597 bits per heavy atom. The summed E-state index contributed by atoms with van der Waals surface area (Å²) in [6.07, 6.45) is 9.31. The number of nitrogen functional groups attached to an aromatic ring is 1. The first-order valence-corrected chi connectivity index (χ1v) is 18.5. The molecule has 13 nitrogen and oxygen atoms in total. The lowest BCUT2D eigenvalue weighted by molar-refractivity contribution is -0.136. The number of carboxylic acids is 1. The SMILES string of the molecule is Nc1ccc(-c2cccnn2)cn1.O=C(O)Cc1ccc(-c2ccnc(F)c2)c(F)c1.[C-]#[N+]c1cc(CC(=O)Cc2ccc(-c3cccnn3)cn2)ccc1-c1ccnc(F)c1. The molecule has 0 amide bonds. The number of aliphatic carboxylic acids is 1. The van der Waals surface area contributed by atoms with Gasteiger partial charge in [-0.25, -0.2) is 24.2 Å². The van der Waals surface area contributed by atoms with Crippen LogP contribution in [-0.2, 0) is 28.9 Å². The first kappa shape index (κ1) is 43.0. The highest BCUT2D eigenvalue weighted by molar-refractivity contribution is 5.85. The fourth-order valence-corrected chi connectivity index (χ4v) is 5.88. The number of pyridine rings is 4. The number of anilines is 1. The number of ketones is 1. The zero-order chi connectivity index (χ0) is 43.8. The molecule has 2 aromatic carbocycles. The quantitative estimate of drug-likeness (QED) is 0.0991. The normalized spacial score (nSPS) is 10.3. The molecule has 0 atom stereocenters. The maximum atomic E-state index is 13.8. The largest absolute Gasteiger partial charge is 0.481 e. The third kappa shape index (κ3) is 12.2. The highest BCUT2D eigenvalue weighted by atomic mass is 19.1. The monoisotopic (exact) mass is 830 g/mol. The van der Waals surface area contributed by atoms with Crippen molar-refractivity contribution in [1.29, 1.82) is 0 Å². The van der Waals surface area contributed by atoms with E-state index in [0.29, 0.717) is 45.1 Å². The lowest BCUT2D eigenvalue weighted by Gasteiger charge is -2.08. The van der Waals surface area contributed by atoms with Crippen LogP contribution in [0.1, 0.15) is 16.8 Å². The molecule has 0 radical (unpaired) electrons. The van der Waals surface area contributed by atoms with Gasteiger partial charge in [0.2, 0.25) is 11.9 Å². The molecule has 16 heteroatoms. The lowest BCUT2D eigenvalue weighted by Crippen LogP contribution is -2.08. The molecule has 0 unspecified atom stereocenters. The maximum absolute atomic E-state index is 13.8. The Balaban J connectivity index is 0.000000174. The fourth-order valence-electron chi connectivity index (χ4n) is 5.88. The number of Topliss-reactive ketones (excluding diaryl/α,β-unsaturated/α-hetero) is 1. The molecule has 0 aliphatic rings. The van der Waals surface area contributed by atoms with Crippen LogP contribution in [0.5, 0.6) is 0 Å². The van der Waals surface area contributed by atoms with E-state index in [1.165, 1.54) is 36.7 Å². The number of hydrogen-bond donors (Lipinski definition) is 2. The van der Waals surface area contributed by atoms with Gasteiger partial charge in [-0.3, -0.25) is 14.6 Å². The Labute approximate surface area is 352 Å². The summed E-state index contributed by atoms with van der Waals surface area (Å²) in [5, 5.41) is 24.2. The number of halogens is 3. The predicted molar refractivity (Wildman–Crippen MR) is 224 cm³/mol. The van der Waals surface area contributed by atoms with Crippen LogP contribution < -0.4 is 5.73 Å². The topological polar surface area (TPSA) is 188 Å². The van der Waals surface area contributed by atoms with Gasteiger partial charge in [0.25, 0.3) is 0 Å². The number of benzene rings is 2. The summed E-state index contributed by atoms with van der Waals surface area (Å²) in [6, 6.07) is 29.4. The summed E-state index contributed by atoms with van der Waals surface area (Å²) >= 11 is 0. The van der Waals surface area contributed by atoms with E-state index >= 15 is 0 Å². The number of aromatic nitrogens is 8. The van der Waals surface area contributed by atoms with Gasteiger partial charge in [0, 0.05) is 78.5 Å². The minimum Gasteiger partial charge on any atom is -0.481 e. The summed E-state index contributed by atoms with van der Waals surface area (Å²) < 4.78 is 40.1. The van der Waals surface area contributed by atoms with Crippen molar-refractivity contribution in [2.24, 2.45) is 0 Å². The average molecular weight is 831 g/mol. The summed E-state index contributed by atoms with van der Waals surface area (Å²) in [5.74, 6) is -2.42. The molecule has 62 heavy (non-hydrogen) atoms. The molecule has 0 bridgehead atoms. The molecular weight excluding hydrogens is 798 g/mol. The van der Waals surface area contributed by atoms with E-state index in [2.05, 4.69) is 45.2 Å². The molecule has 0 saturated carbocycles. The first-order valence-electron chi connectivity index (χ1n) is 18.5. The zero-order valence-corrected chi connectivity index (χ0v) is 32.5. The number of rotatable bonds is 10. The summed E-state index contributed by atoms with van der Waals surface area (Å²) in [6.45, 7) is 7.45. The van der Waals surface area contributed by atoms with Crippen molar-refractivity contribution in [3.8, 4) is 44.8 Å². The third-order valence-electron chi connectivity index (χ3n) is 8.77. The molecule has 6 heterocycles. The minimum atomic E-state index is -1.03. The van der Waals surface area contributed by atoms with Crippen molar-refractivity contribution in [3.05, 3.63) is 192 Å². The van der Waals surface area contributed by atoms with E-state index in [0.717, 1.165) is 34.5 Å². The second-order valence-corrected chi connectivity index (χ2v) is 13.2. The molecule has 0 fully saturated rings. The van der Waals surface area contributed by atoms with Crippen molar-refractivity contribution < 1.29 is 27.9 Å². The van der Waals surface area contributed by atoms with Gasteiger partial charge in [-0.05, 0) is 95.1 Å². The van der Waals surface area contributed by atoms with E-state index in [9.17, 15) is 22.8 Å². The number of carbonyl (C=O) groups excluding carboxylic acids is 1. The molecular formula is C46H33F3N10O3. The van der Waals surface area contributed by atoms with Crippen LogP contribution in [0.2, 0.25) is 0 Å². The van der Waals surface area contributed by atoms with E-state index in [-0.39, 0.29) is 30.6 Å². The predicted octanol–water partition coefficient (Wildman–Crippen LogP) is 8.42. The van der Waals surface area contributed by atoms with Crippen LogP contribution in [-0.4, -0.2) is 57.2 Å². The molecule has 8 aromatic rings. The number of hydrogen-bond acceptors (Lipinski definition) is 11. The smallest absolute Gasteiger partial charge is 0.307 e. The van der Waals surface area contributed by atoms with Gasteiger partial charge in [0.15, 0.2) is 5.69 Å². The first-order chi connectivity index (χ1) is 30.0. The minimum absolute atomic E-state index is 0.0154. The summed E-state index contributed by atoms with van der Waals surface area (Å²) in [4.78, 5) is 41.8. The van der Waals surface area contributed by atoms with Gasteiger partial charge in [0.1, 0.15) is 17.4 Å². The second-order valence-electron chi connectivity index (χ2n) is 13.2. The Kier molecular flexibility index (Phi) is 14.5. The number of nitrogens with two attached hydrogens (primary N) is 1. The Bertz CT molecular complexity index is 2830. The summed E-state index contributed by atoms with van der Waals surface area (Å²) in [5.41, 5.74) is 12.6. The summed E-state index contributed by atoms with van der Waals surface area (Å²) in [7, 11) is 0. The molecule has 0 aliphatic carbocycles. The third-order valence-corrected chi connectivity index (χ3v) is 8.77. The van der Waals surface area contributed by atoms with Gasteiger partial charge >= 0.3 is 5.97 Å². The molecule has 0 saturated heterocycles. The van der Waals surface area contributed by atoms with Gasteiger partial charge < -0.3 is 10.8 Å². The Morgan fingerprint density at radius 2 is 1.18 bits per heavy atom. The zero-order valence-electron chi connectivity index (χ0n) is 32.5. The van der Waals surface area contributed by atoms with E-state index in [1.807, 2.05) is 30.3 Å². The number of carboxylic acid groups (broad SMARTS) is 1. The number of nitrogens with zero attached hydrogens (tertiary/aromatic N) is 9. The molecule has 6 aromatic heterocycles. The van der Waals surface area contributed by atoms with Crippen LogP contribution >= 0.6 is 0 Å². The van der Waals surface area contributed by atoms with Gasteiger partial charge in [-0.15, -0.1) is 0 Å². The maximum Gasteiger partial charge on any atom is 0.307 e. The van der Waals surface area contributed by atoms with Crippen LogP contribution in [0.25, 0.3) is 49.6 Å².